The number of hydrogen-bond donors (Lipinski definition) is 2. The average molecular weight is 481 g/mol. The van der Waals surface area contributed by atoms with Gasteiger partial charge < -0.3 is 19.9 Å². The minimum atomic E-state index is -4.06. The van der Waals surface area contributed by atoms with Crippen LogP contribution in [-0.4, -0.2) is 46.4 Å². The number of carbonyl (C=O) groups is 1. The van der Waals surface area contributed by atoms with Crippen molar-refractivity contribution in [3.63, 3.8) is 0 Å². The van der Waals surface area contributed by atoms with Gasteiger partial charge in [-0.25, -0.2) is 9.78 Å². The van der Waals surface area contributed by atoms with Crippen LogP contribution in [0.1, 0.15) is 42.0 Å². The first-order valence-electron chi connectivity index (χ1n) is 9.83. The number of hydrogen-bond acceptors (Lipinski definition) is 4. The molecule has 0 fully saturated rings. The van der Waals surface area contributed by atoms with Gasteiger partial charge in [-0.3, -0.25) is 0 Å². The molecule has 172 valence electrons. The first-order valence-corrected chi connectivity index (χ1v) is 10.6. The summed E-state index contributed by atoms with van der Waals surface area (Å²) < 4.78 is 35.7. The second kappa shape index (κ2) is 10.6. The van der Waals surface area contributed by atoms with Crippen LogP contribution in [0, 0.1) is 6.92 Å². The summed E-state index contributed by atoms with van der Waals surface area (Å²) in [5, 5.41) is 12.8. The van der Waals surface area contributed by atoms with E-state index in [0.29, 0.717) is 47.7 Å². The summed E-state index contributed by atoms with van der Waals surface area (Å²) in [7, 11) is 0. The summed E-state index contributed by atoms with van der Waals surface area (Å²) in [5.41, 5.74) is 2.62. The van der Waals surface area contributed by atoms with Gasteiger partial charge in [0.05, 0.1) is 22.9 Å². The summed E-state index contributed by atoms with van der Waals surface area (Å²) in [6.45, 7) is 6.41. The van der Waals surface area contributed by atoms with Crippen LogP contribution in [-0.2, 0) is 13.0 Å². The molecule has 31 heavy (non-hydrogen) atoms. The van der Waals surface area contributed by atoms with Crippen molar-refractivity contribution >= 4 is 40.8 Å². The third kappa shape index (κ3) is 6.27. The van der Waals surface area contributed by atoms with Crippen LogP contribution in [0.25, 0.3) is 0 Å². The van der Waals surface area contributed by atoms with E-state index in [1.807, 2.05) is 31.7 Å². The van der Waals surface area contributed by atoms with E-state index < -0.39 is 18.7 Å². The molecule has 0 saturated carbocycles. The molecule has 3 rings (SSSR count). The lowest BCUT2D eigenvalue weighted by Gasteiger charge is -2.20. The Morgan fingerprint density at radius 1 is 1.26 bits per heavy atom. The fourth-order valence-corrected chi connectivity index (χ4v) is 4.05. The van der Waals surface area contributed by atoms with Crippen LogP contribution in [0.5, 0.6) is 0 Å². The zero-order chi connectivity index (χ0) is 23.3. The summed E-state index contributed by atoms with van der Waals surface area (Å²) >= 11 is 12.4. The summed E-state index contributed by atoms with van der Waals surface area (Å²) in [4.78, 5) is 18.0. The number of nitrogens with zero attached hydrogens (tertiary/aromatic N) is 3. The number of nitrogens with one attached hydrogen (secondary N) is 1. The molecule has 0 saturated heterocycles. The maximum absolute atomic E-state index is 11.5. The lowest BCUT2D eigenvalue weighted by atomic mass is 10.2. The van der Waals surface area contributed by atoms with Crippen molar-refractivity contribution in [2.24, 2.45) is 0 Å². The fraction of sp³-hybridized carbons (Fsp3) is 0.500. The maximum atomic E-state index is 11.5. The molecule has 1 aliphatic rings. The van der Waals surface area contributed by atoms with E-state index in [1.54, 1.807) is 10.6 Å². The molecule has 0 aliphatic carbocycles. The highest BCUT2D eigenvalue weighted by atomic mass is 35.5. The van der Waals surface area contributed by atoms with Crippen molar-refractivity contribution in [1.29, 1.82) is 0 Å². The van der Waals surface area contributed by atoms with Crippen LogP contribution in [0.4, 0.5) is 24.8 Å². The Bertz CT molecular complexity index is 909. The number of aryl methyl sites for hydroxylation is 2. The highest BCUT2D eigenvalue weighted by Gasteiger charge is 2.31. The van der Waals surface area contributed by atoms with Crippen LogP contribution < -0.4 is 10.2 Å². The largest absolute Gasteiger partial charge is 0.477 e. The minimum absolute atomic E-state index is 0.266. The number of fused-ring (bicyclic) bond motifs is 1. The monoisotopic (exact) mass is 480 g/mol. The van der Waals surface area contributed by atoms with E-state index in [1.165, 1.54) is 0 Å². The number of alkyl halides is 3. The van der Waals surface area contributed by atoms with Crippen LogP contribution in [0.15, 0.2) is 12.1 Å². The van der Waals surface area contributed by atoms with Gasteiger partial charge in [0.25, 0.3) is 0 Å². The van der Waals surface area contributed by atoms with E-state index in [0.717, 1.165) is 17.7 Å². The molecule has 11 heteroatoms. The molecular formula is C20H25Cl2F3N4O2. The first kappa shape index (κ1) is 25.3. The molecule has 0 radical (unpaired) electrons. The van der Waals surface area contributed by atoms with Gasteiger partial charge in [-0.15, -0.1) is 0 Å². The molecule has 0 amide bonds. The smallest absolute Gasteiger partial charge is 0.401 e. The minimum Gasteiger partial charge on any atom is -0.477 e. The normalized spacial score (nSPS) is 13.1. The van der Waals surface area contributed by atoms with Gasteiger partial charge in [0.15, 0.2) is 5.69 Å². The van der Waals surface area contributed by atoms with Crippen molar-refractivity contribution in [3.05, 3.63) is 39.1 Å². The van der Waals surface area contributed by atoms with Gasteiger partial charge in [0, 0.05) is 18.1 Å². The highest BCUT2D eigenvalue weighted by Crippen LogP contribution is 2.39. The highest BCUT2D eigenvalue weighted by molar-refractivity contribution is 6.36. The van der Waals surface area contributed by atoms with E-state index in [2.05, 4.69) is 10.3 Å². The molecule has 0 bridgehead atoms. The summed E-state index contributed by atoms with van der Waals surface area (Å²) in [6.07, 6.45) is -2.76. The Kier molecular flexibility index (Phi) is 8.62. The third-order valence-corrected chi connectivity index (χ3v) is 5.09. The molecule has 1 aromatic carbocycles. The van der Waals surface area contributed by atoms with Gasteiger partial charge in [0.2, 0.25) is 5.95 Å². The number of carboxylic acids is 1. The van der Waals surface area contributed by atoms with Crippen LogP contribution in [0.3, 0.4) is 0 Å². The number of imidazole rings is 1. The topological polar surface area (TPSA) is 70.4 Å². The van der Waals surface area contributed by atoms with Crippen molar-refractivity contribution in [3.8, 4) is 0 Å². The van der Waals surface area contributed by atoms with Gasteiger partial charge >= 0.3 is 12.1 Å². The Morgan fingerprint density at radius 3 is 2.45 bits per heavy atom. The van der Waals surface area contributed by atoms with Crippen molar-refractivity contribution in [2.45, 2.75) is 46.3 Å². The summed E-state index contributed by atoms with van der Waals surface area (Å²) in [5.74, 6) is -0.321. The van der Waals surface area contributed by atoms with E-state index in [9.17, 15) is 23.1 Å². The van der Waals surface area contributed by atoms with Gasteiger partial charge in [0.1, 0.15) is 0 Å². The SMILES string of the molecule is CCCNCC(F)(F)F.CCc1nc2n(c1C(=O)O)CCN2c1c(C)cc(Cl)cc1Cl. The van der Waals surface area contributed by atoms with E-state index in [-0.39, 0.29) is 5.69 Å². The number of benzene rings is 1. The molecule has 0 unspecified atom stereocenters. The molecule has 2 N–H and O–H groups in total. The first-order chi connectivity index (χ1) is 14.5. The molecule has 1 aromatic heterocycles. The number of rotatable bonds is 6. The molecule has 2 heterocycles. The van der Waals surface area contributed by atoms with E-state index in [4.69, 9.17) is 23.2 Å². The van der Waals surface area contributed by atoms with Crippen LogP contribution in [0.2, 0.25) is 10.0 Å². The molecule has 0 atom stereocenters. The summed E-state index contributed by atoms with van der Waals surface area (Å²) in [6, 6.07) is 3.53. The fourth-order valence-electron chi connectivity index (χ4n) is 3.35. The lowest BCUT2D eigenvalue weighted by molar-refractivity contribution is -0.124. The Morgan fingerprint density at radius 2 is 1.94 bits per heavy atom. The number of aromatic carboxylic acids is 1. The molecule has 2 aromatic rings. The average Bonchev–Trinajstić information content (AvgIpc) is 3.20. The molecular weight excluding hydrogens is 456 g/mol. The van der Waals surface area contributed by atoms with Crippen molar-refractivity contribution in [2.75, 3.05) is 24.5 Å². The Labute approximate surface area is 189 Å². The zero-order valence-electron chi connectivity index (χ0n) is 17.5. The number of carboxylic acid groups (broad SMARTS) is 1. The number of anilines is 2. The quantitative estimate of drug-likeness (QED) is 0.537. The van der Waals surface area contributed by atoms with Gasteiger partial charge in [-0.2, -0.15) is 13.2 Å². The maximum Gasteiger partial charge on any atom is 0.401 e. The standard InChI is InChI=1S/C15H15Cl2N3O2.C5H10F3N/c1-3-11-13(14(21)22)20-5-4-19(15(20)18-11)12-8(2)6-9(16)7-10(12)17;1-2-3-9-4-5(6,7)8/h6-7H,3-5H2,1-2H3,(H,21,22);9H,2-4H2,1H3. The predicted octanol–water partition coefficient (Wildman–Crippen LogP) is 5.46. The number of halogens is 5. The molecule has 0 spiro atoms. The van der Waals surface area contributed by atoms with Crippen molar-refractivity contribution in [1.82, 2.24) is 14.9 Å². The van der Waals surface area contributed by atoms with Gasteiger partial charge in [-0.1, -0.05) is 37.0 Å². The van der Waals surface area contributed by atoms with Crippen LogP contribution >= 0.6 is 23.2 Å². The lowest BCUT2D eigenvalue weighted by Crippen LogP contribution is -2.29. The Balaban J connectivity index is 0.000000323. The second-order valence-corrected chi connectivity index (χ2v) is 7.86. The Hall–Kier alpha value is -1.97. The molecule has 6 nitrogen and oxygen atoms in total. The molecule has 1 aliphatic heterocycles. The zero-order valence-corrected chi connectivity index (χ0v) is 19.0. The third-order valence-electron chi connectivity index (χ3n) is 4.59. The predicted molar refractivity (Wildman–Crippen MR) is 116 cm³/mol. The number of aromatic nitrogens is 2. The second-order valence-electron chi connectivity index (χ2n) is 7.01. The van der Waals surface area contributed by atoms with Crippen molar-refractivity contribution < 1.29 is 23.1 Å². The van der Waals surface area contributed by atoms with E-state index >= 15 is 0 Å². The van der Waals surface area contributed by atoms with Gasteiger partial charge in [-0.05, 0) is 44.0 Å².